The number of fused-ring (bicyclic) bond motifs is 1. The third kappa shape index (κ3) is 3.44. The summed E-state index contributed by atoms with van der Waals surface area (Å²) in [6.07, 6.45) is 0.793. The SMILES string of the molecule is CCCOC(=O)c1sc2nc(Cl)nc(NC(C)C)c2c1C. The van der Waals surface area contributed by atoms with E-state index in [1.54, 1.807) is 0 Å². The number of aromatic nitrogens is 2. The second-order valence-electron chi connectivity index (χ2n) is 5.01. The van der Waals surface area contributed by atoms with Crippen molar-refractivity contribution in [3.8, 4) is 0 Å². The second-order valence-corrected chi connectivity index (χ2v) is 6.35. The number of carbonyl (C=O) groups is 1. The zero-order chi connectivity index (χ0) is 15.6. The van der Waals surface area contributed by atoms with Gasteiger partial charge in [0.15, 0.2) is 0 Å². The van der Waals surface area contributed by atoms with Crippen LogP contribution >= 0.6 is 22.9 Å². The number of thiophene rings is 1. The summed E-state index contributed by atoms with van der Waals surface area (Å²) in [6.45, 7) is 8.28. The van der Waals surface area contributed by atoms with E-state index in [2.05, 4.69) is 15.3 Å². The Morgan fingerprint density at radius 1 is 1.43 bits per heavy atom. The fraction of sp³-hybridized carbons (Fsp3) is 0.500. The summed E-state index contributed by atoms with van der Waals surface area (Å²) in [5.74, 6) is 0.340. The number of nitrogens with one attached hydrogen (secondary N) is 1. The minimum atomic E-state index is -0.316. The maximum absolute atomic E-state index is 12.1. The Morgan fingerprint density at radius 3 is 2.76 bits per heavy atom. The lowest BCUT2D eigenvalue weighted by Gasteiger charge is -2.10. The van der Waals surface area contributed by atoms with Gasteiger partial charge >= 0.3 is 5.97 Å². The van der Waals surface area contributed by atoms with E-state index in [0.717, 1.165) is 17.4 Å². The quantitative estimate of drug-likeness (QED) is 0.663. The summed E-state index contributed by atoms with van der Waals surface area (Å²) in [6, 6.07) is 0.203. The van der Waals surface area contributed by atoms with Gasteiger partial charge in [-0.05, 0) is 44.4 Å². The number of hydrogen-bond donors (Lipinski definition) is 1. The Bertz CT molecular complexity index is 670. The first-order valence-electron chi connectivity index (χ1n) is 6.84. The Morgan fingerprint density at radius 2 is 2.14 bits per heavy atom. The van der Waals surface area contributed by atoms with Gasteiger partial charge in [0, 0.05) is 6.04 Å². The van der Waals surface area contributed by atoms with Gasteiger partial charge in [0.1, 0.15) is 15.5 Å². The van der Waals surface area contributed by atoms with E-state index in [4.69, 9.17) is 16.3 Å². The van der Waals surface area contributed by atoms with Crippen molar-refractivity contribution in [1.82, 2.24) is 9.97 Å². The van der Waals surface area contributed by atoms with Crippen LogP contribution in [0.4, 0.5) is 5.82 Å². The molecule has 0 saturated heterocycles. The molecule has 2 aromatic heterocycles. The van der Waals surface area contributed by atoms with Crippen LogP contribution in [0.25, 0.3) is 10.2 Å². The van der Waals surface area contributed by atoms with Gasteiger partial charge in [0.05, 0.1) is 12.0 Å². The predicted molar refractivity (Wildman–Crippen MR) is 86.5 cm³/mol. The summed E-state index contributed by atoms with van der Waals surface area (Å²) in [7, 11) is 0. The first kappa shape index (κ1) is 16.0. The van der Waals surface area contributed by atoms with E-state index in [1.165, 1.54) is 11.3 Å². The second kappa shape index (κ2) is 6.58. The lowest BCUT2D eigenvalue weighted by Crippen LogP contribution is -2.12. The van der Waals surface area contributed by atoms with Gasteiger partial charge in [-0.3, -0.25) is 0 Å². The molecule has 0 spiro atoms. The number of hydrogen-bond acceptors (Lipinski definition) is 6. The molecule has 2 rings (SSSR count). The van der Waals surface area contributed by atoms with Crippen LogP contribution in [0.2, 0.25) is 5.28 Å². The molecule has 0 fully saturated rings. The van der Waals surface area contributed by atoms with Gasteiger partial charge in [-0.1, -0.05) is 6.92 Å². The van der Waals surface area contributed by atoms with Gasteiger partial charge in [0.2, 0.25) is 5.28 Å². The summed E-state index contributed by atoms with van der Waals surface area (Å²) >= 11 is 7.25. The largest absolute Gasteiger partial charge is 0.462 e. The molecule has 21 heavy (non-hydrogen) atoms. The maximum atomic E-state index is 12.1. The van der Waals surface area contributed by atoms with Gasteiger partial charge in [0.25, 0.3) is 0 Å². The molecule has 5 nitrogen and oxygen atoms in total. The van der Waals surface area contributed by atoms with Crippen LogP contribution in [0.5, 0.6) is 0 Å². The van der Waals surface area contributed by atoms with Gasteiger partial charge < -0.3 is 10.1 Å². The van der Waals surface area contributed by atoms with Crippen molar-refractivity contribution in [2.75, 3.05) is 11.9 Å². The first-order valence-corrected chi connectivity index (χ1v) is 8.03. The minimum Gasteiger partial charge on any atom is -0.462 e. The molecule has 0 aliphatic carbocycles. The smallest absolute Gasteiger partial charge is 0.348 e. The molecule has 1 N–H and O–H groups in total. The number of rotatable bonds is 5. The molecule has 0 atom stereocenters. The van der Waals surface area contributed by atoms with Gasteiger partial charge in [-0.15, -0.1) is 11.3 Å². The number of ether oxygens (including phenoxy) is 1. The summed E-state index contributed by atoms with van der Waals surface area (Å²) in [5, 5.41) is 4.25. The van der Waals surface area contributed by atoms with Crippen molar-refractivity contribution in [2.45, 2.75) is 40.2 Å². The van der Waals surface area contributed by atoms with Crippen molar-refractivity contribution < 1.29 is 9.53 Å². The third-order valence-electron chi connectivity index (χ3n) is 2.81. The predicted octanol–water partition coefficient (Wildman–Crippen LogP) is 4.04. The van der Waals surface area contributed by atoms with Crippen molar-refractivity contribution >= 4 is 44.9 Å². The average molecular weight is 328 g/mol. The number of aryl methyl sites for hydroxylation is 1. The fourth-order valence-electron chi connectivity index (χ4n) is 1.95. The molecule has 2 heterocycles. The standard InChI is InChI=1S/C14H18ClN3O2S/c1-5-6-20-13(19)10-8(4)9-11(16-7(2)3)17-14(15)18-12(9)21-10/h7H,5-6H2,1-4H3,(H,16,17,18). The van der Waals surface area contributed by atoms with Gasteiger partial charge in [-0.25, -0.2) is 14.8 Å². The van der Waals surface area contributed by atoms with E-state index in [9.17, 15) is 4.79 Å². The Balaban J connectivity index is 2.52. The van der Waals surface area contributed by atoms with Crippen LogP contribution < -0.4 is 5.32 Å². The van der Waals surface area contributed by atoms with Crippen LogP contribution in [0.3, 0.4) is 0 Å². The van der Waals surface area contributed by atoms with Crippen LogP contribution in [0.15, 0.2) is 0 Å². The van der Waals surface area contributed by atoms with Crippen molar-refractivity contribution in [1.29, 1.82) is 0 Å². The highest BCUT2D eigenvalue weighted by Gasteiger charge is 2.21. The minimum absolute atomic E-state index is 0.167. The topological polar surface area (TPSA) is 64.1 Å². The molecule has 0 bridgehead atoms. The molecule has 0 unspecified atom stereocenters. The van der Waals surface area contributed by atoms with Crippen molar-refractivity contribution in [2.24, 2.45) is 0 Å². The zero-order valence-electron chi connectivity index (χ0n) is 12.5. The normalized spacial score (nSPS) is 11.1. The highest BCUT2D eigenvalue weighted by Crippen LogP contribution is 2.35. The molecule has 0 aliphatic heterocycles. The molecule has 0 amide bonds. The molecule has 114 valence electrons. The van der Waals surface area contributed by atoms with E-state index < -0.39 is 0 Å². The average Bonchev–Trinajstić information content (AvgIpc) is 2.72. The molecule has 2 aromatic rings. The zero-order valence-corrected chi connectivity index (χ0v) is 14.1. The van der Waals surface area contributed by atoms with Crippen LogP contribution in [-0.2, 0) is 4.74 Å². The monoisotopic (exact) mass is 327 g/mol. The van der Waals surface area contributed by atoms with Crippen molar-refractivity contribution in [3.63, 3.8) is 0 Å². The molecule has 0 aromatic carbocycles. The van der Waals surface area contributed by atoms with Crippen molar-refractivity contribution in [3.05, 3.63) is 15.7 Å². The van der Waals surface area contributed by atoms with Gasteiger partial charge in [-0.2, -0.15) is 0 Å². The van der Waals surface area contributed by atoms with Crippen LogP contribution in [-0.4, -0.2) is 28.6 Å². The Hall–Kier alpha value is -1.40. The number of carbonyl (C=O) groups excluding carboxylic acids is 1. The molecule has 7 heteroatoms. The highest BCUT2D eigenvalue weighted by molar-refractivity contribution is 7.20. The molecular weight excluding hydrogens is 310 g/mol. The molecule has 0 aliphatic rings. The lowest BCUT2D eigenvalue weighted by molar-refractivity contribution is 0.0510. The number of nitrogens with zero attached hydrogens (tertiary/aromatic N) is 2. The van der Waals surface area contributed by atoms with Crippen LogP contribution in [0, 0.1) is 6.92 Å². The maximum Gasteiger partial charge on any atom is 0.348 e. The fourth-order valence-corrected chi connectivity index (χ4v) is 3.24. The van der Waals surface area contributed by atoms with E-state index in [1.807, 2.05) is 27.7 Å². The van der Waals surface area contributed by atoms with E-state index >= 15 is 0 Å². The number of esters is 1. The summed E-state index contributed by atoms with van der Waals surface area (Å²) < 4.78 is 5.21. The third-order valence-corrected chi connectivity index (χ3v) is 4.15. The van der Waals surface area contributed by atoms with E-state index in [0.29, 0.717) is 22.1 Å². The van der Waals surface area contributed by atoms with Crippen LogP contribution in [0.1, 0.15) is 42.4 Å². The molecule has 0 saturated carbocycles. The highest BCUT2D eigenvalue weighted by atomic mass is 35.5. The molecule has 0 radical (unpaired) electrons. The number of anilines is 1. The number of halogens is 1. The lowest BCUT2D eigenvalue weighted by atomic mass is 10.2. The van der Waals surface area contributed by atoms with E-state index in [-0.39, 0.29) is 17.3 Å². The summed E-state index contributed by atoms with van der Waals surface area (Å²) in [5.41, 5.74) is 0.830. The molecular formula is C14H18ClN3O2S. The summed E-state index contributed by atoms with van der Waals surface area (Å²) in [4.78, 5) is 21.8. The Kier molecular flexibility index (Phi) is 5.00. The Labute approximate surface area is 132 Å². The first-order chi connectivity index (χ1) is 9.93.